The van der Waals surface area contributed by atoms with Crippen LogP contribution in [0.15, 0.2) is 42.6 Å². The highest BCUT2D eigenvalue weighted by Gasteiger charge is 2.20. The summed E-state index contributed by atoms with van der Waals surface area (Å²) in [6.07, 6.45) is 5.06. The number of carbonyl (C=O) groups excluding carboxylic acids is 1. The van der Waals surface area contributed by atoms with Crippen molar-refractivity contribution in [2.75, 3.05) is 31.7 Å². The van der Waals surface area contributed by atoms with E-state index in [9.17, 15) is 4.79 Å². The SMILES string of the molecule is CCOc1ccc(Nc2ncccc2C(=O)NCCCOCC2CC2)cc1. The lowest BCUT2D eigenvalue weighted by Crippen LogP contribution is -2.26. The topological polar surface area (TPSA) is 72.5 Å². The zero-order chi connectivity index (χ0) is 18.9. The average Bonchev–Trinajstić information content (AvgIpc) is 3.51. The first-order valence-corrected chi connectivity index (χ1v) is 9.57. The number of nitrogens with zero attached hydrogens (tertiary/aromatic N) is 1. The molecule has 0 bridgehead atoms. The summed E-state index contributed by atoms with van der Waals surface area (Å²) in [4.78, 5) is 16.8. The van der Waals surface area contributed by atoms with Crippen molar-refractivity contribution in [2.45, 2.75) is 26.2 Å². The number of anilines is 2. The number of hydrogen-bond donors (Lipinski definition) is 2. The van der Waals surface area contributed by atoms with E-state index in [1.807, 2.05) is 31.2 Å². The van der Waals surface area contributed by atoms with Crippen LogP contribution >= 0.6 is 0 Å². The fourth-order valence-corrected chi connectivity index (χ4v) is 2.63. The van der Waals surface area contributed by atoms with Crippen LogP contribution < -0.4 is 15.4 Å². The Morgan fingerprint density at radius 3 is 2.78 bits per heavy atom. The van der Waals surface area contributed by atoms with Gasteiger partial charge in [-0.25, -0.2) is 4.98 Å². The molecule has 0 unspecified atom stereocenters. The molecule has 2 aromatic rings. The van der Waals surface area contributed by atoms with E-state index in [0.29, 0.717) is 31.1 Å². The molecular weight excluding hydrogens is 342 g/mol. The number of rotatable bonds is 11. The Bertz CT molecular complexity index is 730. The summed E-state index contributed by atoms with van der Waals surface area (Å²) in [6.45, 7) is 4.70. The van der Waals surface area contributed by atoms with Gasteiger partial charge in [-0.2, -0.15) is 0 Å². The fraction of sp³-hybridized carbons (Fsp3) is 0.429. The van der Waals surface area contributed by atoms with Gasteiger partial charge in [0.1, 0.15) is 11.6 Å². The average molecular weight is 369 g/mol. The molecular formula is C21H27N3O3. The van der Waals surface area contributed by atoms with E-state index in [4.69, 9.17) is 9.47 Å². The van der Waals surface area contributed by atoms with E-state index in [-0.39, 0.29) is 5.91 Å². The maximum atomic E-state index is 12.5. The molecule has 1 aromatic heterocycles. The molecule has 6 heteroatoms. The highest BCUT2D eigenvalue weighted by atomic mass is 16.5. The van der Waals surface area contributed by atoms with Crippen molar-refractivity contribution >= 4 is 17.4 Å². The summed E-state index contributed by atoms with van der Waals surface area (Å²) in [5.41, 5.74) is 1.37. The molecule has 0 radical (unpaired) electrons. The number of pyridine rings is 1. The number of nitrogens with one attached hydrogen (secondary N) is 2. The molecule has 1 heterocycles. The second-order valence-electron chi connectivity index (χ2n) is 6.61. The Balaban J connectivity index is 1.50. The summed E-state index contributed by atoms with van der Waals surface area (Å²) >= 11 is 0. The molecule has 1 saturated carbocycles. The van der Waals surface area contributed by atoms with Gasteiger partial charge in [0.2, 0.25) is 0 Å². The minimum absolute atomic E-state index is 0.140. The molecule has 1 fully saturated rings. The van der Waals surface area contributed by atoms with Crippen molar-refractivity contribution in [3.8, 4) is 5.75 Å². The third kappa shape index (κ3) is 6.25. The first-order chi connectivity index (χ1) is 13.3. The Kier molecular flexibility index (Phi) is 7.04. The maximum Gasteiger partial charge on any atom is 0.255 e. The molecule has 144 valence electrons. The van der Waals surface area contributed by atoms with Crippen LogP contribution in [-0.4, -0.2) is 37.3 Å². The largest absolute Gasteiger partial charge is 0.494 e. The lowest BCUT2D eigenvalue weighted by atomic mass is 10.2. The van der Waals surface area contributed by atoms with E-state index in [0.717, 1.165) is 30.4 Å². The van der Waals surface area contributed by atoms with Gasteiger partial charge in [-0.05, 0) is 68.5 Å². The molecule has 27 heavy (non-hydrogen) atoms. The molecule has 6 nitrogen and oxygen atoms in total. The molecule has 2 N–H and O–H groups in total. The van der Waals surface area contributed by atoms with Gasteiger partial charge in [0.05, 0.1) is 12.2 Å². The van der Waals surface area contributed by atoms with Crippen molar-refractivity contribution in [1.82, 2.24) is 10.3 Å². The van der Waals surface area contributed by atoms with Crippen molar-refractivity contribution < 1.29 is 14.3 Å². The van der Waals surface area contributed by atoms with Crippen LogP contribution in [-0.2, 0) is 4.74 Å². The second kappa shape index (κ2) is 9.92. The van der Waals surface area contributed by atoms with E-state index in [1.54, 1.807) is 18.3 Å². The van der Waals surface area contributed by atoms with Gasteiger partial charge >= 0.3 is 0 Å². The summed E-state index contributed by atoms with van der Waals surface area (Å²) < 4.78 is 11.0. The maximum absolute atomic E-state index is 12.5. The minimum atomic E-state index is -0.140. The normalized spacial score (nSPS) is 13.2. The molecule has 0 atom stereocenters. The predicted molar refractivity (Wildman–Crippen MR) is 106 cm³/mol. The van der Waals surface area contributed by atoms with Gasteiger partial charge in [-0.15, -0.1) is 0 Å². The molecule has 1 aliphatic rings. The van der Waals surface area contributed by atoms with Crippen LogP contribution in [0.1, 0.15) is 36.5 Å². The van der Waals surface area contributed by atoms with E-state index >= 15 is 0 Å². The smallest absolute Gasteiger partial charge is 0.255 e. The summed E-state index contributed by atoms with van der Waals surface area (Å²) in [5.74, 6) is 1.97. The molecule has 0 saturated heterocycles. The Labute approximate surface area is 160 Å². The van der Waals surface area contributed by atoms with Crippen LogP contribution in [0.4, 0.5) is 11.5 Å². The Morgan fingerprint density at radius 2 is 2.04 bits per heavy atom. The van der Waals surface area contributed by atoms with Crippen molar-refractivity contribution in [3.05, 3.63) is 48.2 Å². The zero-order valence-electron chi connectivity index (χ0n) is 15.7. The van der Waals surface area contributed by atoms with Crippen LogP contribution in [0.25, 0.3) is 0 Å². The lowest BCUT2D eigenvalue weighted by Gasteiger charge is -2.12. The Hall–Kier alpha value is -2.60. The lowest BCUT2D eigenvalue weighted by molar-refractivity contribution is 0.0938. The fourth-order valence-electron chi connectivity index (χ4n) is 2.63. The van der Waals surface area contributed by atoms with Crippen LogP contribution in [0.5, 0.6) is 5.75 Å². The third-order valence-electron chi connectivity index (χ3n) is 4.28. The third-order valence-corrected chi connectivity index (χ3v) is 4.28. The van der Waals surface area contributed by atoms with Crippen LogP contribution in [0, 0.1) is 5.92 Å². The number of ether oxygens (including phenoxy) is 2. The van der Waals surface area contributed by atoms with Crippen molar-refractivity contribution in [3.63, 3.8) is 0 Å². The molecule has 0 spiro atoms. The molecule has 1 aromatic carbocycles. The first-order valence-electron chi connectivity index (χ1n) is 9.57. The quantitative estimate of drug-likeness (QED) is 0.590. The van der Waals surface area contributed by atoms with Crippen molar-refractivity contribution in [1.29, 1.82) is 0 Å². The number of benzene rings is 1. The van der Waals surface area contributed by atoms with Gasteiger partial charge in [-0.3, -0.25) is 4.79 Å². The van der Waals surface area contributed by atoms with Gasteiger partial charge < -0.3 is 20.1 Å². The summed E-state index contributed by atoms with van der Waals surface area (Å²) in [7, 11) is 0. The van der Waals surface area contributed by atoms with Crippen molar-refractivity contribution in [2.24, 2.45) is 5.92 Å². The standard InChI is InChI=1S/C21H27N3O3/c1-2-27-18-10-8-17(9-11-18)24-20-19(5-3-12-22-20)21(25)23-13-4-14-26-15-16-6-7-16/h3,5,8-12,16H,2,4,6-7,13-15H2,1H3,(H,22,24)(H,23,25). The number of aromatic nitrogens is 1. The summed E-state index contributed by atoms with van der Waals surface area (Å²) in [6, 6.07) is 11.1. The highest BCUT2D eigenvalue weighted by Crippen LogP contribution is 2.28. The first kappa shape index (κ1) is 19.2. The monoisotopic (exact) mass is 369 g/mol. The van der Waals surface area contributed by atoms with Gasteiger partial charge in [0.15, 0.2) is 0 Å². The van der Waals surface area contributed by atoms with Crippen LogP contribution in [0.2, 0.25) is 0 Å². The van der Waals surface area contributed by atoms with E-state index in [2.05, 4.69) is 15.6 Å². The Morgan fingerprint density at radius 1 is 1.22 bits per heavy atom. The van der Waals surface area contributed by atoms with E-state index in [1.165, 1.54) is 12.8 Å². The molecule has 3 rings (SSSR count). The number of amides is 1. The van der Waals surface area contributed by atoms with Gasteiger partial charge in [-0.1, -0.05) is 0 Å². The van der Waals surface area contributed by atoms with Crippen LogP contribution in [0.3, 0.4) is 0 Å². The zero-order valence-corrected chi connectivity index (χ0v) is 15.7. The minimum Gasteiger partial charge on any atom is -0.494 e. The van der Waals surface area contributed by atoms with Gasteiger partial charge in [0, 0.05) is 31.6 Å². The molecule has 0 aliphatic heterocycles. The number of hydrogen-bond acceptors (Lipinski definition) is 5. The number of carbonyl (C=O) groups is 1. The highest BCUT2D eigenvalue weighted by molar-refractivity contribution is 5.99. The molecule has 1 aliphatic carbocycles. The summed E-state index contributed by atoms with van der Waals surface area (Å²) in [5, 5.41) is 6.14. The van der Waals surface area contributed by atoms with Gasteiger partial charge in [0.25, 0.3) is 5.91 Å². The van der Waals surface area contributed by atoms with E-state index < -0.39 is 0 Å². The molecule has 1 amide bonds. The predicted octanol–water partition coefficient (Wildman–Crippen LogP) is 3.77. The second-order valence-corrected chi connectivity index (χ2v) is 6.61.